The summed E-state index contributed by atoms with van der Waals surface area (Å²) in [6.45, 7) is 0. The first-order valence-corrected chi connectivity index (χ1v) is 11.0. The van der Waals surface area contributed by atoms with Gasteiger partial charge in [-0.3, -0.25) is 4.79 Å². The number of nitrogens with two attached hydrogens (primary N) is 1. The molecule has 0 aliphatic rings. The first kappa shape index (κ1) is 20.8. The van der Waals surface area contributed by atoms with Crippen molar-refractivity contribution < 1.29 is 4.79 Å². The number of hydrogen-bond donors (Lipinski definition) is 1. The van der Waals surface area contributed by atoms with Crippen LogP contribution >= 0.6 is 11.8 Å². The smallest absolute Gasteiger partial charge is 0.233 e. The lowest BCUT2D eigenvalue weighted by Gasteiger charge is -2.29. The second kappa shape index (κ2) is 9.53. The van der Waals surface area contributed by atoms with Gasteiger partial charge in [-0.05, 0) is 11.1 Å². The molecule has 1 amide bonds. The third-order valence-electron chi connectivity index (χ3n) is 5.10. The molecule has 0 fully saturated rings. The zero-order valence-corrected chi connectivity index (χ0v) is 18.1. The van der Waals surface area contributed by atoms with Crippen LogP contribution in [0.5, 0.6) is 0 Å². The fourth-order valence-corrected chi connectivity index (χ4v) is 4.33. The Morgan fingerprint density at radius 2 is 1.45 bits per heavy atom. The Labute approximate surface area is 186 Å². The summed E-state index contributed by atoms with van der Waals surface area (Å²) in [4.78, 5) is 19.5. The zero-order chi connectivity index (χ0) is 21.6. The van der Waals surface area contributed by atoms with Crippen LogP contribution in [0.4, 0.5) is 0 Å². The minimum Gasteiger partial charge on any atom is -0.337 e. The lowest BCUT2D eigenvalue weighted by Crippen LogP contribution is -2.33. The van der Waals surface area contributed by atoms with Crippen LogP contribution in [0, 0.1) is 0 Å². The molecule has 0 spiro atoms. The molecule has 0 aliphatic heterocycles. The molecule has 0 saturated heterocycles. The van der Waals surface area contributed by atoms with Crippen molar-refractivity contribution in [1.29, 1.82) is 0 Å². The highest BCUT2D eigenvalue weighted by atomic mass is 32.2. The topological polar surface area (TPSA) is 64.2 Å². The third kappa shape index (κ3) is 4.81. The van der Waals surface area contributed by atoms with E-state index < -0.39 is 0 Å². The Morgan fingerprint density at radius 3 is 2.00 bits per heavy atom. The number of nitrogen functional groups attached to an aromatic ring is 1. The van der Waals surface area contributed by atoms with Gasteiger partial charge < -0.3 is 10.7 Å². The summed E-state index contributed by atoms with van der Waals surface area (Å²) in [5.74, 6) is 6.34. The minimum atomic E-state index is -0.159. The van der Waals surface area contributed by atoms with Gasteiger partial charge in [-0.15, -0.1) is 0 Å². The predicted octanol–water partition coefficient (Wildman–Crippen LogP) is 4.60. The van der Waals surface area contributed by atoms with Gasteiger partial charge in [0.05, 0.1) is 23.7 Å². The maximum Gasteiger partial charge on any atom is 0.233 e. The Morgan fingerprint density at radius 1 is 0.935 bits per heavy atom. The summed E-state index contributed by atoms with van der Waals surface area (Å²) < 4.78 is 1.48. The van der Waals surface area contributed by atoms with Crippen LogP contribution in [-0.2, 0) is 4.79 Å². The Kier molecular flexibility index (Phi) is 6.38. The van der Waals surface area contributed by atoms with Crippen LogP contribution in [0.2, 0.25) is 0 Å². The number of nitrogens with zero attached hydrogens (tertiary/aromatic N) is 3. The first-order valence-electron chi connectivity index (χ1n) is 10.0. The minimum absolute atomic E-state index is 0.00645. The number of thioether (sulfide) groups is 1. The summed E-state index contributed by atoms with van der Waals surface area (Å²) >= 11 is 1.34. The van der Waals surface area contributed by atoms with Gasteiger partial charge in [0.2, 0.25) is 5.91 Å². The van der Waals surface area contributed by atoms with E-state index in [4.69, 9.17) is 5.84 Å². The maximum atomic E-state index is 13.1. The van der Waals surface area contributed by atoms with E-state index in [1.54, 1.807) is 11.1 Å². The van der Waals surface area contributed by atoms with Crippen LogP contribution in [0.3, 0.4) is 0 Å². The standard InChI is InChI=1S/C25H24N4OS/c1-28(24(20-13-7-3-8-14-20)21-15-9-4-10-16-21)23(30)18-31-25-27-22(17-29(25)26)19-11-5-2-6-12-19/h2-17,24H,18,26H2,1H3. The molecule has 5 nitrogen and oxygen atoms in total. The zero-order valence-electron chi connectivity index (χ0n) is 17.3. The molecule has 1 heterocycles. The number of hydrogen-bond acceptors (Lipinski definition) is 4. The Hall–Kier alpha value is -3.51. The molecule has 4 rings (SSSR count). The average molecular weight is 429 g/mol. The molecule has 3 aromatic carbocycles. The molecule has 1 aromatic heterocycles. The van der Waals surface area contributed by atoms with Crippen LogP contribution in [0.15, 0.2) is 102 Å². The van der Waals surface area contributed by atoms with E-state index in [-0.39, 0.29) is 17.7 Å². The normalized spacial score (nSPS) is 10.9. The molecule has 31 heavy (non-hydrogen) atoms. The maximum absolute atomic E-state index is 13.1. The molecule has 2 N–H and O–H groups in total. The van der Waals surface area contributed by atoms with Gasteiger partial charge in [-0.1, -0.05) is 103 Å². The van der Waals surface area contributed by atoms with Gasteiger partial charge in [0.15, 0.2) is 5.16 Å². The number of carbonyl (C=O) groups is 1. The van der Waals surface area contributed by atoms with Gasteiger partial charge in [0.25, 0.3) is 0 Å². The molecule has 4 aromatic rings. The second-order valence-corrected chi connectivity index (χ2v) is 8.14. The number of aromatic nitrogens is 2. The van der Waals surface area contributed by atoms with Crippen LogP contribution in [-0.4, -0.2) is 33.3 Å². The van der Waals surface area contributed by atoms with E-state index in [2.05, 4.69) is 4.98 Å². The molecular formula is C25H24N4OS. The van der Waals surface area contributed by atoms with Crippen molar-refractivity contribution in [1.82, 2.24) is 14.6 Å². The number of benzene rings is 3. The average Bonchev–Trinajstić information content (AvgIpc) is 3.20. The second-order valence-electron chi connectivity index (χ2n) is 7.20. The largest absolute Gasteiger partial charge is 0.337 e. The SMILES string of the molecule is CN(C(=O)CSc1nc(-c2ccccc2)cn1N)C(c1ccccc1)c1ccccc1. The van der Waals surface area contributed by atoms with Gasteiger partial charge in [0.1, 0.15) is 0 Å². The highest BCUT2D eigenvalue weighted by Gasteiger charge is 2.24. The van der Waals surface area contributed by atoms with Crippen molar-refractivity contribution in [2.75, 3.05) is 18.6 Å². The van der Waals surface area contributed by atoms with Gasteiger partial charge in [0, 0.05) is 12.6 Å². The first-order chi connectivity index (χ1) is 15.1. The number of carbonyl (C=O) groups excluding carboxylic acids is 1. The van der Waals surface area contributed by atoms with Crippen LogP contribution in [0.25, 0.3) is 11.3 Å². The fourth-order valence-electron chi connectivity index (χ4n) is 3.51. The van der Waals surface area contributed by atoms with Crippen molar-refractivity contribution in [2.45, 2.75) is 11.2 Å². The van der Waals surface area contributed by atoms with Crippen LogP contribution < -0.4 is 5.84 Å². The van der Waals surface area contributed by atoms with Crippen molar-refractivity contribution in [3.63, 3.8) is 0 Å². The molecule has 0 unspecified atom stereocenters. The molecular weight excluding hydrogens is 404 g/mol. The Balaban J connectivity index is 1.50. The van der Waals surface area contributed by atoms with Crippen molar-refractivity contribution in [3.8, 4) is 11.3 Å². The summed E-state index contributed by atoms with van der Waals surface area (Å²) in [5, 5.41) is 0.608. The molecule has 6 heteroatoms. The molecule has 0 radical (unpaired) electrons. The summed E-state index contributed by atoms with van der Waals surface area (Å²) in [5.41, 5.74) is 3.92. The van der Waals surface area contributed by atoms with E-state index in [9.17, 15) is 4.79 Å². The molecule has 0 atom stereocenters. The van der Waals surface area contributed by atoms with Crippen molar-refractivity contribution in [3.05, 3.63) is 108 Å². The fraction of sp³-hybridized carbons (Fsp3) is 0.120. The monoisotopic (exact) mass is 428 g/mol. The quantitative estimate of drug-likeness (QED) is 0.345. The lowest BCUT2D eigenvalue weighted by molar-refractivity contribution is -0.128. The third-order valence-corrected chi connectivity index (χ3v) is 6.06. The van der Waals surface area contributed by atoms with Gasteiger partial charge in [-0.2, -0.15) is 0 Å². The molecule has 156 valence electrons. The molecule has 0 bridgehead atoms. The number of rotatable bonds is 7. The molecule has 0 aliphatic carbocycles. The summed E-state index contributed by atoms with van der Waals surface area (Å²) in [6, 6.07) is 29.8. The van der Waals surface area contributed by atoms with Crippen molar-refractivity contribution >= 4 is 17.7 Å². The van der Waals surface area contributed by atoms with E-state index in [0.717, 1.165) is 22.4 Å². The number of imidazole rings is 1. The highest BCUT2D eigenvalue weighted by molar-refractivity contribution is 7.99. The number of amides is 1. The van der Waals surface area contributed by atoms with Crippen molar-refractivity contribution in [2.24, 2.45) is 0 Å². The Bertz CT molecular complexity index is 1090. The van der Waals surface area contributed by atoms with Crippen LogP contribution in [0.1, 0.15) is 17.2 Å². The lowest BCUT2D eigenvalue weighted by atomic mass is 9.97. The summed E-state index contributed by atoms with van der Waals surface area (Å²) in [7, 11) is 1.85. The molecule has 0 saturated carbocycles. The van der Waals surface area contributed by atoms with E-state index in [1.165, 1.54) is 16.4 Å². The van der Waals surface area contributed by atoms with E-state index >= 15 is 0 Å². The predicted molar refractivity (Wildman–Crippen MR) is 126 cm³/mol. The summed E-state index contributed by atoms with van der Waals surface area (Å²) in [6.07, 6.45) is 1.78. The van der Waals surface area contributed by atoms with Gasteiger partial charge >= 0.3 is 0 Å². The van der Waals surface area contributed by atoms with E-state index in [0.29, 0.717) is 5.16 Å². The van der Waals surface area contributed by atoms with Gasteiger partial charge in [-0.25, -0.2) is 9.66 Å². The highest BCUT2D eigenvalue weighted by Crippen LogP contribution is 2.29. The van der Waals surface area contributed by atoms with E-state index in [1.807, 2.05) is 98.0 Å².